The molecule has 0 saturated heterocycles. The van der Waals surface area contributed by atoms with E-state index in [1.54, 1.807) is 13.1 Å². The van der Waals surface area contributed by atoms with E-state index >= 15 is 0 Å². The van der Waals surface area contributed by atoms with Crippen LogP contribution in [0.4, 0.5) is 0 Å². The average molecular weight is 328 g/mol. The van der Waals surface area contributed by atoms with Crippen molar-refractivity contribution < 1.29 is 0 Å². The maximum atomic E-state index is 10.1. The Balaban J connectivity index is 0.000000320. The molecular weight excluding hydrogens is 300 g/mol. The van der Waals surface area contributed by atoms with Gasteiger partial charge in [-0.05, 0) is 37.5 Å². The van der Waals surface area contributed by atoms with E-state index in [0.717, 1.165) is 5.69 Å². The van der Waals surface area contributed by atoms with Crippen molar-refractivity contribution in [2.24, 2.45) is 0 Å². The molecule has 1 aromatic heterocycles. The summed E-state index contributed by atoms with van der Waals surface area (Å²) < 4.78 is 0. The number of aromatic amines is 1. The topological polar surface area (TPSA) is 62.8 Å². The van der Waals surface area contributed by atoms with Crippen LogP contribution in [0.25, 0.3) is 0 Å². The molecule has 0 radical (unpaired) electrons. The Kier molecular flexibility index (Phi) is 10.8. The molecule has 0 saturated carbocycles. The Morgan fingerprint density at radius 3 is 1.71 bits per heavy atom. The predicted octanol–water partition coefficient (Wildman–Crippen LogP) is 4.15. The number of hydrogen-bond donors (Lipinski definition) is 1. The van der Waals surface area contributed by atoms with Gasteiger partial charge in [-0.2, -0.15) is 5.10 Å². The smallest absolute Gasteiger partial charge is 0.228 e. The number of H-pyrrole nitrogens is 1. The largest absolute Gasteiger partial charge is 0.286 e. The standard InChI is InChI=1S/C9H12.C5H4O2.C4H6N2.C2H6/c1-8(2)9-6-4-3-5-7-9;1-3-2-4(6)5(3)7;1-4-2-3-5-6-4;1-2/h3-8H,1-2H3;2H,1H3;2-3H,1H3,(H,5,6);1-2H3. The summed E-state index contributed by atoms with van der Waals surface area (Å²) in [5, 5.41) is 6.45. The van der Waals surface area contributed by atoms with Crippen LogP contribution in [0.3, 0.4) is 0 Å². The summed E-state index contributed by atoms with van der Waals surface area (Å²) in [6.07, 6.45) is 1.73. The lowest BCUT2D eigenvalue weighted by molar-refractivity contribution is 0.867. The molecule has 0 aliphatic heterocycles. The highest BCUT2D eigenvalue weighted by Crippen LogP contribution is 2.11. The van der Waals surface area contributed by atoms with Crippen molar-refractivity contribution in [3.63, 3.8) is 0 Å². The van der Waals surface area contributed by atoms with Gasteiger partial charge in [-0.25, -0.2) is 0 Å². The zero-order valence-corrected chi connectivity index (χ0v) is 15.5. The first kappa shape index (κ1) is 21.5. The monoisotopic (exact) mass is 328 g/mol. The van der Waals surface area contributed by atoms with Crippen molar-refractivity contribution in [3.8, 4) is 0 Å². The van der Waals surface area contributed by atoms with Crippen LogP contribution in [-0.4, -0.2) is 10.2 Å². The van der Waals surface area contributed by atoms with Crippen LogP contribution in [0.2, 0.25) is 0 Å². The van der Waals surface area contributed by atoms with E-state index in [4.69, 9.17) is 0 Å². The van der Waals surface area contributed by atoms with Crippen LogP contribution < -0.4 is 10.9 Å². The fourth-order valence-electron chi connectivity index (χ4n) is 1.61. The maximum Gasteiger partial charge on any atom is 0.228 e. The van der Waals surface area contributed by atoms with Crippen LogP contribution in [0.5, 0.6) is 0 Å². The molecule has 2 aromatic carbocycles. The summed E-state index contributed by atoms with van der Waals surface area (Å²) >= 11 is 0. The van der Waals surface area contributed by atoms with E-state index in [1.807, 2.05) is 32.9 Å². The number of aryl methyl sites for hydroxylation is 2. The van der Waals surface area contributed by atoms with E-state index in [2.05, 4.69) is 48.3 Å². The van der Waals surface area contributed by atoms with Gasteiger partial charge < -0.3 is 0 Å². The molecule has 4 nitrogen and oxygen atoms in total. The third-order valence-corrected chi connectivity index (χ3v) is 3.04. The molecule has 24 heavy (non-hydrogen) atoms. The highest BCUT2D eigenvalue weighted by atomic mass is 16.2. The molecule has 3 aromatic rings. The van der Waals surface area contributed by atoms with Gasteiger partial charge in [0.25, 0.3) is 0 Å². The molecule has 0 unspecified atom stereocenters. The van der Waals surface area contributed by atoms with E-state index < -0.39 is 0 Å². The molecule has 0 fully saturated rings. The van der Waals surface area contributed by atoms with Gasteiger partial charge in [0.1, 0.15) is 0 Å². The van der Waals surface area contributed by atoms with Crippen LogP contribution in [0.1, 0.15) is 50.4 Å². The van der Waals surface area contributed by atoms with Gasteiger partial charge in [-0.15, -0.1) is 0 Å². The van der Waals surface area contributed by atoms with Gasteiger partial charge >= 0.3 is 0 Å². The van der Waals surface area contributed by atoms with Crippen LogP contribution in [0.15, 0.2) is 58.3 Å². The normalized spacial score (nSPS) is 9.12. The number of nitrogens with one attached hydrogen (secondary N) is 1. The van der Waals surface area contributed by atoms with Crippen LogP contribution >= 0.6 is 0 Å². The number of aromatic nitrogens is 2. The Bertz CT molecular complexity index is 723. The lowest BCUT2D eigenvalue weighted by atomic mass is 10.0. The maximum absolute atomic E-state index is 10.1. The first-order valence-corrected chi connectivity index (χ1v) is 8.19. The Labute approximate surface area is 144 Å². The fourth-order valence-corrected chi connectivity index (χ4v) is 1.61. The van der Waals surface area contributed by atoms with Crippen molar-refractivity contribution in [2.75, 3.05) is 0 Å². The summed E-state index contributed by atoms with van der Waals surface area (Å²) in [7, 11) is 0. The van der Waals surface area contributed by atoms with Gasteiger partial charge in [0.15, 0.2) is 0 Å². The molecule has 0 amide bonds. The first-order valence-electron chi connectivity index (χ1n) is 8.19. The second-order valence-electron chi connectivity index (χ2n) is 5.33. The molecular formula is C20H28N2O2. The first-order chi connectivity index (χ1) is 11.4. The predicted molar refractivity (Wildman–Crippen MR) is 101 cm³/mol. The molecule has 0 atom stereocenters. The lowest BCUT2D eigenvalue weighted by Gasteiger charge is -2.01. The fraction of sp³-hybridized carbons (Fsp3) is 0.350. The second kappa shape index (κ2) is 12.0. The average Bonchev–Trinajstić information content (AvgIpc) is 3.09. The quantitative estimate of drug-likeness (QED) is 0.683. The van der Waals surface area contributed by atoms with Gasteiger partial charge in [-0.1, -0.05) is 58.0 Å². The highest BCUT2D eigenvalue weighted by molar-refractivity contribution is 5.17. The van der Waals surface area contributed by atoms with Gasteiger partial charge in [0.2, 0.25) is 10.9 Å². The molecule has 0 aliphatic rings. The second-order valence-corrected chi connectivity index (χ2v) is 5.33. The minimum absolute atomic E-state index is 0.333. The van der Waals surface area contributed by atoms with E-state index in [-0.39, 0.29) is 10.9 Å². The lowest BCUT2D eigenvalue weighted by Crippen LogP contribution is -2.31. The van der Waals surface area contributed by atoms with Crippen LogP contribution in [0, 0.1) is 13.8 Å². The molecule has 3 rings (SSSR count). The molecule has 130 valence electrons. The van der Waals surface area contributed by atoms with Crippen molar-refractivity contribution in [1.82, 2.24) is 10.2 Å². The summed E-state index contributed by atoms with van der Waals surface area (Å²) in [6, 6.07) is 13.8. The van der Waals surface area contributed by atoms with Crippen LogP contribution in [-0.2, 0) is 0 Å². The Morgan fingerprint density at radius 1 is 0.958 bits per heavy atom. The summed E-state index contributed by atoms with van der Waals surface area (Å²) in [6.45, 7) is 12.0. The zero-order chi connectivity index (χ0) is 18.5. The van der Waals surface area contributed by atoms with Gasteiger partial charge in [0, 0.05) is 17.5 Å². The zero-order valence-electron chi connectivity index (χ0n) is 15.5. The van der Waals surface area contributed by atoms with Crippen molar-refractivity contribution in [2.45, 2.75) is 47.5 Å². The van der Waals surface area contributed by atoms with E-state index in [1.165, 1.54) is 11.6 Å². The minimum Gasteiger partial charge on any atom is -0.286 e. The third-order valence-electron chi connectivity index (χ3n) is 3.04. The van der Waals surface area contributed by atoms with Gasteiger partial charge in [0.05, 0.1) is 0 Å². The molecule has 0 bridgehead atoms. The Morgan fingerprint density at radius 2 is 1.54 bits per heavy atom. The highest BCUT2D eigenvalue weighted by Gasteiger charge is 2.00. The summed E-state index contributed by atoms with van der Waals surface area (Å²) in [5.74, 6) is 0.659. The summed E-state index contributed by atoms with van der Waals surface area (Å²) in [4.78, 5) is 20.2. The van der Waals surface area contributed by atoms with Crippen molar-refractivity contribution in [1.29, 1.82) is 0 Å². The summed E-state index contributed by atoms with van der Waals surface area (Å²) in [5.41, 5.74) is 2.40. The third kappa shape index (κ3) is 8.22. The minimum atomic E-state index is -0.363. The SMILES string of the molecule is CC.CC(C)c1ccccc1.Cc1cc(=O)c1=O.Cc1ccn[nH]1. The van der Waals surface area contributed by atoms with Gasteiger partial charge in [-0.3, -0.25) is 14.7 Å². The molecule has 1 N–H and O–H groups in total. The van der Waals surface area contributed by atoms with Crippen molar-refractivity contribution in [3.05, 3.63) is 85.9 Å². The van der Waals surface area contributed by atoms with Crippen molar-refractivity contribution >= 4 is 0 Å². The number of benzene rings is 1. The Hall–Kier alpha value is -2.49. The number of hydrogen-bond acceptors (Lipinski definition) is 3. The molecule has 4 heteroatoms. The molecule has 1 heterocycles. The van der Waals surface area contributed by atoms with E-state index in [9.17, 15) is 9.59 Å². The molecule has 0 aliphatic carbocycles. The number of rotatable bonds is 1. The number of nitrogens with zero attached hydrogens (tertiary/aromatic N) is 1. The molecule has 0 spiro atoms. The van der Waals surface area contributed by atoms with E-state index in [0.29, 0.717) is 11.5 Å².